The van der Waals surface area contributed by atoms with Gasteiger partial charge in [0.15, 0.2) is 0 Å². The molecule has 0 bridgehead atoms. The third-order valence-corrected chi connectivity index (χ3v) is 1.34. The highest BCUT2D eigenvalue weighted by molar-refractivity contribution is 14.1. The van der Waals surface area contributed by atoms with Crippen LogP contribution in [0.1, 0.15) is 0 Å². The van der Waals surface area contributed by atoms with Crippen molar-refractivity contribution in [1.29, 1.82) is 0 Å². The summed E-state index contributed by atoms with van der Waals surface area (Å²) in [5.41, 5.74) is 0. The topological polar surface area (TPSA) is 43.6 Å². The molecule has 1 aromatic heterocycles. The van der Waals surface area contributed by atoms with E-state index in [0.29, 0.717) is 0 Å². The first-order valence-electron chi connectivity index (χ1n) is 2.03. The van der Waals surface area contributed by atoms with Gasteiger partial charge in [-0.15, -0.1) is 23.0 Å². The molecule has 0 amide bonds. The summed E-state index contributed by atoms with van der Waals surface area (Å²) in [6, 6.07) is 0. The van der Waals surface area contributed by atoms with Gasteiger partial charge in [0, 0.05) is 22.6 Å². The van der Waals surface area contributed by atoms with E-state index >= 15 is 0 Å². The predicted octanol–water partition coefficient (Wildman–Crippen LogP) is 0.754. The Bertz CT molecular complexity index is 229. The smallest absolute Gasteiger partial charge is 0.149 e. The Morgan fingerprint density at radius 2 is 2.00 bits per heavy atom. The fraction of sp³-hybridized carbons (Fsp3) is 0.500. The molecule has 0 saturated carbocycles. The van der Waals surface area contributed by atoms with Gasteiger partial charge in [0.25, 0.3) is 0 Å². The van der Waals surface area contributed by atoms with E-state index < -0.39 is 6.30 Å². The first-order valence-corrected chi connectivity index (χ1v) is 3.11. The molecule has 0 saturated heterocycles. The van der Waals surface area contributed by atoms with E-state index in [-0.39, 0.29) is 8.51 Å². The molecule has 0 atom stereocenters. The van der Waals surface area contributed by atoms with E-state index in [0.717, 1.165) is 0 Å². The van der Waals surface area contributed by atoms with Gasteiger partial charge in [0.05, 0.1) is 0 Å². The largest absolute Gasteiger partial charge is 0.508 e. The maximum absolute atomic E-state index is 11.7. The van der Waals surface area contributed by atoms with Gasteiger partial charge < -0.3 is 0 Å². The zero-order valence-corrected chi connectivity index (χ0v) is 6.46. The van der Waals surface area contributed by atoms with Crippen molar-refractivity contribution in [2.75, 3.05) is 0 Å². The Hall–Kier alpha value is -0.410. The Morgan fingerprint density at radius 1 is 1.40 bits per heavy atom. The lowest BCUT2D eigenvalue weighted by molar-refractivity contribution is -0.215. The Morgan fingerprint density at radius 3 is 2.20 bits per heavy atom. The number of tetrazole rings is 1. The van der Waals surface area contributed by atoms with E-state index in [2.05, 4.69) is 15.5 Å². The number of alkyl halides is 3. The summed E-state index contributed by atoms with van der Waals surface area (Å²) in [5.74, 6) is 0. The van der Waals surface area contributed by atoms with Gasteiger partial charge in [-0.1, -0.05) is 0 Å². The minimum absolute atomic E-state index is 0.215. The summed E-state index contributed by atoms with van der Waals surface area (Å²) in [7, 11) is 0. The molecule has 0 N–H and O–H groups in total. The first-order chi connectivity index (χ1) is 4.52. The molecule has 0 aliphatic heterocycles. The van der Waals surface area contributed by atoms with Crippen LogP contribution in [0.15, 0.2) is 0 Å². The van der Waals surface area contributed by atoms with Crippen molar-refractivity contribution in [3.63, 3.8) is 0 Å². The van der Waals surface area contributed by atoms with Crippen molar-refractivity contribution in [2.45, 2.75) is 6.30 Å². The lowest BCUT2D eigenvalue weighted by Gasteiger charge is -2.02. The monoisotopic (exact) mass is 264 g/mol. The van der Waals surface area contributed by atoms with Crippen LogP contribution in [0.25, 0.3) is 0 Å². The average molecular weight is 264 g/mol. The highest BCUT2D eigenvalue weighted by atomic mass is 127. The van der Waals surface area contributed by atoms with Gasteiger partial charge in [-0.3, -0.25) is 0 Å². The Kier molecular flexibility index (Phi) is 1.79. The molecule has 4 nitrogen and oxygen atoms in total. The van der Waals surface area contributed by atoms with Crippen molar-refractivity contribution in [1.82, 2.24) is 20.2 Å². The molecule has 10 heavy (non-hydrogen) atoms. The zero-order chi connectivity index (χ0) is 7.78. The van der Waals surface area contributed by atoms with Gasteiger partial charge in [-0.2, -0.15) is 0 Å². The second kappa shape index (κ2) is 2.32. The summed E-state index contributed by atoms with van der Waals surface area (Å²) in [4.78, 5) is 0. The molecule has 0 aliphatic carbocycles. The van der Waals surface area contributed by atoms with Gasteiger partial charge >= 0.3 is 6.30 Å². The number of hydrogen-bond acceptors (Lipinski definition) is 3. The van der Waals surface area contributed by atoms with Crippen LogP contribution in [-0.4, -0.2) is 20.2 Å². The number of halogens is 4. The van der Waals surface area contributed by atoms with Crippen molar-refractivity contribution in [2.24, 2.45) is 0 Å². The molecule has 0 aromatic carbocycles. The maximum atomic E-state index is 11.7. The molecule has 1 heterocycles. The highest BCUT2D eigenvalue weighted by Gasteiger charge is 2.34. The van der Waals surface area contributed by atoms with Gasteiger partial charge in [-0.25, -0.2) is 0 Å². The van der Waals surface area contributed by atoms with Crippen LogP contribution in [0.4, 0.5) is 13.2 Å². The molecule has 1 rings (SSSR count). The van der Waals surface area contributed by atoms with Crippen molar-refractivity contribution >= 4 is 22.6 Å². The molecule has 0 unspecified atom stereocenters. The van der Waals surface area contributed by atoms with Gasteiger partial charge in [0.2, 0.25) is 3.83 Å². The van der Waals surface area contributed by atoms with Crippen molar-refractivity contribution in [3.8, 4) is 0 Å². The van der Waals surface area contributed by atoms with Crippen molar-refractivity contribution < 1.29 is 13.2 Å². The fourth-order valence-electron chi connectivity index (χ4n) is 0.331. The maximum Gasteiger partial charge on any atom is 0.508 e. The normalized spacial score (nSPS) is 12.0. The number of aromatic nitrogens is 4. The minimum atomic E-state index is -4.51. The van der Waals surface area contributed by atoms with E-state index in [1.807, 2.05) is 0 Å². The highest BCUT2D eigenvalue weighted by Crippen LogP contribution is 2.21. The lowest BCUT2D eigenvalue weighted by atomic mass is 11.1. The third-order valence-electron chi connectivity index (χ3n) is 0.672. The lowest BCUT2D eigenvalue weighted by Crippen LogP contribution is -2.19. The predicted molar refractivity (Wildman–Crippen MR) is 31.8 cm³/mol. The van der Waals surface area contributed by atoms with Crippen LogP contribution in [0, 0.1) is 3.83 Å². The quantitative estimate of drug-likeness (QED) is 0.649. The van der Waals surface area contributed by atoms with E-state index in [1.54, 1.807) is 0 Å². The number of hydrogen-bond donors (Lipinski definition) is 0. The van der Waals surface area contributed by atoms with Gasteiger partial charge in [0.1, 0.15) is 0 Å². The number of rotatable bonds is 0. The summed E-state index contributed by atoms with van der Waals surface area (Å²) in [5, 5.41) is 8.59. The average Bonchev–Trinajstić information content (AvgIpc) is 2.11. The number of nitrogens with zero attached hydrogens (tertiary/aromatic N) is 4. The first kappa shape index (κ1) is 7.69. The second-order valence-corrected chi connectivity index (χ2v) is 2.29. The standard InChI is InChI=1S/C2F3IN4/c3-2(4,5)10-1(6)7-8-9-10. The van der Waals surface area contributed by atoms with Crippen LogP contribution in [-0.2, 0) is 6.30 Å². The third kappa shape index (κ3) is 1.36. The molecule has 0 fully saturated rings. The second-order valence-electron chi connectivity index (χ2n) is 1.33. The van der Waals surface area contributed by atoms with Crippen LogP contribution in [0.5, 0.6) is 0 Å². The SMILES string of the molecule is FC(F)(F)n1nnnc1I. The van der Waals surface area contributed by atoms with Crippen LogP contribution in [0.3, 0.4) is 0 Å². The molecular weight excluding hydrogens is 264 g/mol. The fourth-order valence-corrected chi connectivity index (χ4v) is 0.798. The molecule has 56 valence electrons. The molecule has 1 aromatic rings. The Balaban J connectivity index is 3.05. The van der Waals surface area contributed by atoms with Crippen LogP contribution >= 0.6 is 22.6 Å². The summed E-state index contributed by atoms with van der Waals surface area (Å²) < 4.78 is 34.6. The van der Waals surface area contributed by atoms with E-state index in [4.69, 9.17) is 0 Å². The zero-order valence-electron chi connectivity index (χ0n) is 4.30. The minimum Gasteiger partial charge on any atom is -0.149 e. The van der Waals surface area contributed by atoms with E-state index in [1.165, 1.54) is 22.6 Å². The molecule has 0 aliphatic rings. The van der Waals surface area contributed by atoms with Crippen LogP contribution < -0.4 is 0 Å². The Labute approximate surface area is 66.5 Å². The van der Waals surface area contributed by atoms with Gasteiger partial charge in [-0.05, 0) is 10.4 Å². The molecule has 0 spiro atoms. The molecule has 8 heteroatoms. The van der Waals surface area contributed by atoms with E-state index in [9.17, 15) is 13.2 Å². The molecule has 0 radical (unpaired) electrons. The summed E-state index contributed by atoms with van der Waals surface area (Å²) in [6.07, 6.45) is -4.51. The molecular formula is C2F3IN4. The summed E-state index contributed by atoms with van der Waals surface area (Å²) in [6.45, 7) is 0. The van der Waals surface area contributed by atoms with Crippen LogP contribution in [0.2, 0.25) is 0 Å². The summed E-state index contributed by atoms with van der Waals surface area (Å²) >= 11 is 1.39. The van der Waals surface area contributed by atoms with Crippen molar-refractivity contribution in [3.05, 3.63) is 3.83 Å².